The summed E-state index contributed by atoms with van der Waals surface area (Å²) in [7, 11) is 0. The van der Waals surface area contributed by atoms with Gasteiger partial charge in [-0.3, -0.25) is 9.59 Å². The van der Waals surface area contributed by atoms with E-state index in [9.17, 15) is 9.59 Å². The standard InChI is InChI=1S/C26H33N3O2/c1-19(2)13-16-27-20(3)21-14-17-29(18-15-21)26(31)23-11-7-8-12-24(23)28-25(30)22-9-5-4-6-10-22/h4-12,19,21,27H,3,13-18H2,1-2H3,(H,28,30). The molecule has 3 rings (SSSR count). The van der Waals surface area contributed by atoms with Crippen LogP contribution in [0.25, 0.3) is 0 Å². The zero-order valence-corrected chi connectivity index (χ0v) is 18.6. The van der Waals surface area contributed by atoms with Crippen LogP contribution in [-0.2, 0) is 0 Å². The molecule has 0 saturated carbocycles. The summed E-state index contributed by atoms with van der Waals surface area (Å²) in [5, 5.41) is 6.36. The van der Waals surface area contributed by atoms with Gasteiger partial charge in [0, 0.05) is 36.8 Å². The number of amides is 2. The van der Waals surface area contributed by atoms with Gasteiger partial charge in [-0.1, -0.05) is 50.8 Å². The molecule has 1 aliphatic rings. The minimum absolute atomic E-state index is 0.0409. The summed E-state index contributed by atoms with van der Waals surface area (Å²) in [4.78, 5) is 27.6. The van der Waals surface area contributed by atoms with E-state index in [2.05, 4.69) is 31.1 Å². The highest BCUT2D eigenvalue weighted by Crippen LogP contribution is 2.25. The van der Waals surface area contributed by atoms with E-state index in [1.165, 1.54) is 0 Å². The molecule has 0 spiro atoms. The normalized spacial score (nSPS) is 14.4. The van der Waals surface area contributed by atoms with Crippen molar-refractivity contribution >= 4 is 17.5 Å². The fourth-order valence-electron chi connectivity index (χ4n) is 3.83. The number of benzene rings is 2. The highest BCUT2D eigenvalue weighted by Gasteiger charge is 2.26. The Balaban J connectivity index is 1.59. The predicted octanol–water partition coefficient (Wildman–Crippen LogP) is 4.94. The highest BCUT2D eigenvalue weighted by atomic mass is 16.2. The molecule has 0 radical (unpaired) electrons. The van der Waals surface area contributed by atoms with Crippen molar-refractivity contribution in [2.24, 2.45) is 11.8 Å². The van der Waals surface area contributed by atoms with E-state index in [1.807, 2.05) is 35.2 Å². The van der Waals surface area contributed by atoms with Gasteiger partial charge in [0.15, 0.2) is 0 Å². The van der Waals surface area contributed by atoms with Crippen molar-refractivity contribution in [3.8, 4) is 0 Å². The first-order valence-corrected chi connectivity index (χ1v) is 11.1. The Labute approximate surface area is 185 Å². The maximum Gasteiger partial charge on any atom is 0.255 e. The molecule has 2 aromatic carbocycles. The van der Waals surface area contributed by atoms with Crippen LogP contribution < -0.4 is 10.6 Å². The molecule has 1 heterocycles. The van der Waals surface area contributed by atoms with E-state index < -0.39 is 0 Å². The van der Waals surface area contributed by atoms with Crippen LogP contribution in [0.4, 0.5) is 5.69 Å². The Hall–Kier alpha value is -3.08. The molecule has 0 atom stereocenters. The molecule has 5 heteroatoms. The van der Waals surface area contributed by atoms with Crippen LogP contribution in [0.2, 0.25) is 0 Å². The smallest absolute Gasteiger partial charge is 0.255 e. The van der Waals surface area contributed by atoms with Gasteiger partial charge < -0.3 is 15.5 Å². The maximum absolute atomic E-state index is 13.2. The lowest BCUT2D eigenvalue weighted by molar-refractivity contribution is 0.0701. The lowest BCUT2D eigenvalue weighted by Crippen LogP contribution is -2.40. The second-order valence-electron chi connectivity index (χ2n) is 8.57. The molecule has 1 fully saturated rings. The van der Waals surface area contributed by atoms with Crippen molar-refractivity contribution in [1.82, 2.24) is 10.2 Å². The molecular weight excluding hydrogens is 386 g/mol. The van der Waals surface area contributed by atoms with Gasteiger partial charge in [-0.05, 0) is 49.4 Å². The molecule has 0 unspecified atom stereocenters. The number of likely N-dealkylation sites (tertiary alicyclic amines) is 1. The van der Waals surface area contributed by atoms with E-state index in [-0.39, 0.29) is 11.8 Å². The Morgan fingerprint density at radius 1 is 1.03 bits per heavy atom. The number of piperidine rings is 1. The van der Waals surface area contributed by atoms with Crippen LogP contribution in [0, 0.1) is 11.8 Å². The van der Waals surface area contributed by atoms with Crippen molar-refractivity contribution < 1.29 is 9.59 Å². The van der Waals surface area contributed by atoms with E-state index in [0.717, 1.165) is 31.5 Å². The first kappa shape index (κ1) is 22.6. The summed E-state index contributed by atoms with van der Waals surface area (Å²) in [5.41, 5.74) is 2.72. The zero-order valence-electron chi connectivity index (χ0n) is 18.6. The Bertz CT molecular complexity index is 900. The lowest BCUT2D eigenvalue weighted by atomic mass is 9.93. The third kappa shape index (κ3) is 6.20. The van der Waals surface area contributed by atoms with Crippen molar-refractivity contribution in [3.05, 3.63) is 78.0 Å². The fourth-order valence-corrected chi connectivity index (χ4v) is 3.83. The minimum Gasteiger partial charge on any atom is -0.389 e. The van der Waals surface area contributed by atoms with Gasteiger partial charge in [-0.2, -0.15) is 0 Å². The maximum atomic E-state index is 13.2. The first-order chi connectivity index (χ1) is 15.0. The van der Waals surface area contributed by atoms with Gasteiger partial charge in [0.1, 0.15) is 0 Å². The first-order valence-electron chi connectivity index (χ1n) is 11.1. The van der Waals surface area contributed by atoms with Gasteiger partial charge in [-0.15, -0.1) is 0 Å². The van der Waals surface area contributed by atoms with Crippen LogP contribution in [0.15, 0.2) is 66.9 Å². The number of hydrogen-bond acceptors (Lipinski definition) is 3. The monoisotopic (exact) mass is 419 g/mol. The molecular formula is C26H33N3O2. The number of rotatable bonds is 8. The van der Waals surface area contributed by atoms with Crippen LogP contribution in [0.3, 0.4) is 0 Å². The van der Waals surface area contributed by atoms with Gasteiger partial charge in [-0.25, -0.2) is 0 Å². The minimum atomic E-state index is -0.219. The van der Waals surface area contributed by atoms with Gasteiger partial charge in [0.2, 0.25) is 0 Å². The molecule has 5 nitrogen and oxygen atoms in total. The second kappa shape index (κ2) is 10.8. The summed E-state index contributed by atoms with van der Waals surface area (Å²) >= 11 is 0. The van der Waals surface area contributed by atoms with Crippen LogP contribution >= 0.6 is 0 Å². The van der Waals surface area contributed by atoms with Crippen molar-refractivity contribution in [2.75, 3.05) is 25.0 Å². The van der Waals surface area contributed by atoms with Gasteiger partial charge >= 0.3 is 0 Å². The average Bonchev–Trinajstić information content (AvgIpc) is 2.79. The molecule has 0 bridgehead atoms. The largest absolute Gasteiger partial charge is 0.389 e. The molecule has 0 aliphatic carbocycles. The number of carbonyl (C=O) groups is 2. The fraction of sp³-hybridized carbons (Fsp3) is 0.385. The van der Waals surface area contributed by atoms with E-state index in [1.54, 1.807) is 24.3 Å². The molecule has 31 heavy (non-hydrogen) atoms. The number of hydrogen-bond donors (Lipinski definition) is 2. The predicted molar refractivity (Wildman–Crippen MR) is 126 cm³/mol. The van der Waals surface area contributed by atoms with E-state index >= 15 is 0 Å². The summed E-state index contributed by atoms with van der Waals surface area (Å²) in [6.45, 7) is 11.0. The van der Waals surface area contributed by atoms with Crippen LogP contribution in [-0.4, -0.2) is 36.3 Å². The Kier molecular flexibility index (Phi) is 7.88. The number of carbonyl (C=O) groups excluding carboxylic acids is 2. The summed E-state index contributed by atoms with van der Waals surface area (Å²) in [5.74, 6) is 0.801. The number of para-hydroxylation sites is 1. The van der Waals surface area contributed by atoms with Crippen LogP contribution in [0.5, 0.6) is 0 Å². The third-order valence-corrected chi connectivity index (χ3v) is 5.79. The van der Waals surface area contributed by atoms with Crippen molar-refractivity contribution in [3.63, 3.8) is 0 Å². The quantitative estimate of drug-likeness (QED) is 0.637. The second-order valence-corrected chi connectivity index (χ2v) is 8.57. The molecule has 2 N–H and O–H groups in total. The molecule has 2 aromatic rings. The summed E-state index contributed by atoms with van der Waals surface area (Å²) in [6, 6.07) is 16.2. The molecule has 2 amide bonds. The number of anilines is 1. The Morgan fingerprint density at radius 3 is 2.35 bits per heavy atom. The summed E-state index contributed by atoms with van der Waals surface area (Å²) in [6.07, 6.45) is 2.93. The number of nitrogens with one attached hydrogen (secondary N) is 2. The van der Waals surface area contributed by atoms with E-state index in [0.29, 0.717) is 41.7 Å². The van der Waals surface area contributed by atoms with Gasteiger partial charge in [0.05, 0.1) is 11.3 Å². The molecule has 1 aliphatic heterocycles. The lowest BCUT2D eigenvalue weighted by Gasteiger charge is -2.33. The van der Waals surface area contributed by atoms with Crippen molar-refractivity contribution in [1.29, 1.82) is 0 Å². The number of allylic oxidation sites excluding steroid dienone is 1. The van der Waals surface area contributed by atoms with Crippen LogP contribution in [0.1, 0.15) is 53.8 Å². The SMILES string of the molecule is C=C(NCCC(C)C)C1CCN(C(=O)c2ccccc2NC(=O)c2ccccc2)CC1. The Morgan fingerprint density at radius 2 is 1.68 bits per heavy atom. The topological polar surface area (TPSA) is 61.4 Å². The van der Waals surface area contributed by atoms with Gasteiger partial charge in [0.25, 0.3) is 11.8 Å². The average molecular weight is 420 g/mol. The van der Waals surface area contributed by atoms with Crippen molar-refractivity contribution in [2.45, 2.75) is 33.1 Å². The molecule has 1 saturated heterocycles. The van der Waals surface area contributed by atoms with E-state index in [4.69, 9.17) is 0 Å². The molecule has 164 valence electrons. The molecule has 0 aromatic heterocycles. The number of nitrogens with zero attached hydrogens (tertiary/aromatic N) is 1. The highest BCUT2D eigenvalue weighted by molar-refractivity contribution is 6.09. The summed E-state index contributed by atoms with van der Waals surface area (Å²) < 4.78 is 0. The zero-order chi connectivity index (χ0) is 22.2. The third-order valence-electron chi connectivity index (χ3n) is 5.79.